The van der Waals surface area contributed by atoms with E-state index in [-0.39, 0.29) is 18.1 Å². The van der Waals surface area contributed by atoms with E-state index < -0.39 is 5.91 Å². The second kappa shape index (κ2) is 9.11. The van der Waals surface area contributed by atoms with Gasteiger partial charge in [-0.3, -0.25) is 19.8 Å². The molecule has 0 saturated carbocycles. The first-order valence-corrected chi connectivity index (χ1v) is 11.7. The minimum Gasteiger partial charge on any atom is -0.484 e. The first-order valence-electron chi connectivity index (χ1n) is 10.9. The van der Waals surface area contributed by atoms with E-state index in [9.17, 15) is 14.4 Å². The molecule has 9 heteroatoms. The van der Waals surface area contributed by atoms with E-state index in [4.69, 9.17) is 4.74 Å². The number of anilines is 1. The van der Waals surface area contributed by atoms with Gasteiger partial charge in [0.15, 0.2) is 6.61 Å². The van der Waals surface area contributed by atoms with E-state index in [0.717, 1.165) is 32.8 Å². The molecular formula is C25H22N4O4S. The van der Waals surface area contributed by atoms with E-state index >= 15 is 0 Å². The van der Waals surface area contributed by atoms with Crippen LogP contribution in [-0.2, 0) is 9.59 Å². The second-order valence-corrected chi connectivity index (χ2v) is 9.17. The van der Waals surface area contributed by atoms with Crippen LogP contribution in [0.2, 0.25) is 0 Å². The van der Waals surface area contributed by atoms with Crippen molar-refractivity contribution in [3.05, 3.63) is 76.2 Å². The van der Waals surface area contributed by atoms with Crippen molar-refractivity contribution in [2.45, 2.75) is 19.8 Å². The third-order valence-corrected chi connectivity index (χ3v) is 6.70. The lowest BCUT2D eigenvalue weighted by Gasteiger charge is -2.16. The fraction of sp³-hybridized carbons (Fsp3) is 0.200. The van der Waals surface area contributed by atoms with Crippen molar-refractivity contribution in [3.63, 3.8) is 0 Å². The fourth-order valence-electron chi connectivity index (χ4n) is 4.09. The van der Waals surface area contributed by atoms with Crippen LogP contribution >= 0.6 is 11.3 Å². The van der Waals surface area contributed by atoms with Crippen LogP contribution in [0, 0.1) is 6.92 Å². The molecule has 8 nitrogen and oxygen atoms in total. The summed E-state index contributed by atoms with van der Waals surface area (Å²) in [7, 11) is 0. The lowest BCUT2D eigenvalue weighted by atomic mass is 10.0. The number of hydrogen-bond donors (Lipinski definition) is 1. The number of thiophene rings is 1. The van der Waals surface area contributed by atoms with Gasteiger partial charge >= 0.3 is 0 Å². The summed E-state index contributed by atoms with van der Waals surface area (Å²) < 4.78 is 6.65. The largest absolute Gasteiger partial charge is 0.484 e. The highest BCUT2D eigenvalue weighted by molar-refractivity contribution is 7.19. The summed E-state index contributed by atoms with van der Waals surface area (Å²) in [6.45, 7) is 2.39. The molecule has 4 aromatic rings. The van der Waals surface area contributed by atoms with Gasteiger partial charge in [-0.1, -0.05) is 30.3 Å². The molecule has 34 heavy (non-hydrogen) atoms. The molecule has 1 saturated heterocycles. The van der Waals surface area contributed by atoms with Crippen LogP contribution in [0.3, 0.4) is 0 Å². The zero-order chi connectivity index (χ0) is 23.7. The number of nitrogens with one attached hydrogen (secondary N) is 1. The maximum absolute atomic E-state index is 13.2. The van der Waals surface area contributed by atoms with Gasteiger partial charge in [-0.05, 0) is 43.2 Å². The van der Waals surface area contributed by atoms with Crippen molar-refractivity contribution in [2.75, 3.05) is 23.5 Å². The summed E-state index contributed by atoms with van der Waals surface area (Å²) in [5.74, 6) is 0.113. The van der Waals surface area contributed by atoms with Crippen molar-refractivity contribution in [1.82, 2.24) is 9.66 Å². The minimum atomic E-state index is -0.491. The molecule has 0 bridgehead atoms. The molecule has 1 fully saturated rings. The number of carbonyl (C=O) groups excluding carboxylic acids is 2. The molecule has 172 valence electrons. The molecule has 0 unspecified atom stereocenters. The van der Waals surface area contributed by atoms with Gasteiger partial charge in [0.2, 0.25) is 5.91 Å². The third kappa shape index (κ3) is 4.17. The van der Waals surface area contributed by atoms with E-state index in [0.29, 0.717) is 28.9 Å². The third-order valence-electron chi connectivity index (χ3n) is 5.69. The Bertz CT molecular complexity index is 1430. The zero-order valence-corrected chi connectivity index (χ0v) is 19.3. The number of aryl methyl sites for hydroxylation is 1. The molecule has 0 aliphatic carbocycles. The van der Waals surface area contributed by atoms with Crippen molar-refractivity contribution >= 4 is 39.1 Å². The molecule has 1 N–H and O–H groups in total. The van der Waals surface area contributed by atoms with Gasteiger partial charge in [0, 0.05) is 29.1 Å². The smallest absolute Gasteiger partial charge is 0.281 e. The number of nitrogens with zero attached hydrogens (tertiary/aromatic N) is 3. The highest BCUT2D eigenvalue weighted by atomic mass is 32.1. The SMILES string of the molecule is Cc1sc2ncn(NC(=O)COc3ccc(N4CCCC4=O)cc3)c(=O)c2c1-c1ccccc1. The molecule has 0 spiro atoms. The van der Waals surface area contributed by atoms with Gasteiger partial charge in [0.25, 0.3) is 11.5 Å². The van der Waals surface area contributed by atoms with Gasteiger partial charge in [0.05, 0.1) is 5.39 Å². The quantitative estimate of drug-likeness (QED) is 0.460. The molecule has 5 rings (SSSR count). The summed E-state index contributed by atoms with van der Waals surface area (Å²) >= 11 is 1.45. The number of aromatic nitrogens is 2. The monoisotopic (exact) mass is 474 g/mol. The van der Waals surface area contributed by atoms with Gasteiger partial charge in [-0.25, -0.2) is 9.66 Å². The Balaban J connectivity index is 1.30. The Morgan fingerprint density at radius 3 is 2.59 bits per heavy atom. The molecule has 0 radical (unpaired) electrons. The zero-order valence-electron chi connectivity index (χ0n) is 18.5. The maximum atomic E-state index is 13.2. The lowest BCUT2D eigenvalue weighted by Crippen LogP contribution is -2.35. The van der Waals surface area contributed by atoms with Crippen LogP contribution in [0.25, 0.3) is 21.3 Å². The number of rotatable bonds is 6. The highest BCUT2D eigenvalue weighted by Crippen LogP contribution is 2.35. The van der Waals surface area contributed by atoms with E-state index in [1.54, 1.807) is 29.2 Å². The summed E-state index contributed by atoms with van der Waals surface area (Å²) in [6, 6.07) is 16.7. The number of amides is 2. The Morgan fingerprint density at radius 2 is 1.88 bits per heavy atom. The Labute approximate surface area is 199 Å². The van der Waals surface area contributed by atoms with E-state index in [2.05, 4.69) is 10.4 Å². The summed E-state index contributed by atoms with van der Waals surface area (Å²) in [5, 5.41) is 0.476. The van der Waals surface area contributed by atoms with Gasteiger partial charge in [-0.15, -0.1) is 11.3 Å². The molecular weight excluding hydrogens is 452 g/mol. The standard InChI is InChI=1S/C25H22N4O4S/c1-16-22(17-6-3-2-4-7-17)23-24(34-16)26-15-29(25(23)32)27-20(30)14-33-19-11-9-18(10-12-19)28-13-5-8-21(28)31/h2-4,6-7,9-12,15H,5,8,13-14H2,1H3,(H,27,30). The predicted molar refractivity (Wildman–Crippen MR) is 132 cm³/mol. The maximum Gasteiger partial charge on any atom is 0.281 e. The second-order valence-electron chi connectivity index (χ2n) is 7.97. The molecule has 0 atom stereocenters. The highest BCUT2D eigenvalue weighted by Gasteiger charge is 2.21. The summed E-state index contributed by atoms with van der Waals surface area (Å²) in [6.07, 6.45) is 2.74. The molecule has 2 aromatic carbocycles. The van der Waals surface area contributed by atoms with Crippen LogP contribution in [0.15, 0.2) is 65.7 Å². The minimum absolute atomic E-state index is 0.111. The van der Waals surface area contributed by atoms with Gasteiger partial charge < -0.3 is 9.64 Å². The molecule has 3 heterocycles. The summed E-state index contributed by atoms with van der Waals surface area (Å²) in [4.78, 5) is 45.2. The average Bonchev–Trinajstić information content (AvgIpc) is 3.43. The van der Waals surface area contributed by atoms with Gasteiger partial charge in [-0.2, -0.15) is 0 Å². The number of ether oxygens (including phenoxy) is 1. The van der Waals surface area contributed by atoms with Crippen LogP contribution in [0.5, 0.6) is 5.75 Å². The first-order chi connectivity index (χ1) is 16.5. The molecule has 2 amide bonds. The van der Waals surface area contributed by atoms with Crippen LogP contribution in [0.1, 0.15) is 17.7 Å². The normalized spacial score (nSPS) is 13.4. The number of benzene rings is 2. The fourth-order valence-corrected chi connectivity index (χ4v) is 5.10. The van der Waals surface area contributed by atoms with E-state index in [1.165, 1.54) is 17.7 Å². The van der Waals surface area contributed by atoms with Gasteiger partial charge in [0.1, 0.15) is 16.9 Å². The topological polar surface area (TPSA) is 93.5 Å². The first kappa shape index (κ1) is 21.8. The molecule has 1 aliphatic rings. The van der Waals surface area contributed by atoms with Crippen molar-refractivity contribution < 1.29 is 14.3 Å². The number of carbonyl (C=O) groups is 2. The summed E-state index contributed by atoms with van der Waals surface area (Å²) in [5.41, 5.74) is 4.77. The van der Waals surface area contributed by atoms with E-state index in [1.807, 2.05) is 37.3 Å². The van der Waals surface area contributed by atoms with Crippen molar-refractivity contribution in [3.8, 4) is 16.9 Å². The Kier molecular flexibility index (Phi) is 5.85. The van der Waals surface area contributed by atoms with Crippen molar-refractivity contribution in [1.29, 1.82) is 0 Å². The molecule has 2 aromatic heterocycles. The average molecular weight is 475 g/mol. The lowest BCUT2D eigenvalue weighted by molar-refractivity contribution is -0.119. The predicted octanol–water partition coefficient (Wildman–Crippen LogP) is 3.71. The number of fused-ring (bicyclic) bond motifs is 1. The van der Waals surface area contributed by atoms with Crippen LogP contribution in [0.4, 0.5) is 5.69 Å². The Morgan fingerprint density at radius 1 is 1.12 bits per heavy atom. The Hall–Kier alpha value is -3.98. The number of hydrogen-bond acceptors (Lipinski definition) is 6. The van der Waals surface area contributed by atoms with Crippen molar-refractivity contribution in [2.24, 2.45) is 0 Å². The molecule has 1 aliphatic heterocycles. The van der Waals surface area contributed by atoms with Crippen LogP contribution < -0.4 is 20.6 Å². The van der Waals surface area contributed by atoms with Crippen LogP contribution in [-0.4, -0.2) is 34.6 Å².